The lowest BCUT2D eigenvalue weighted by Gasteiger charge is -2.25. The summed E-state index contributed by atoms with van der Waals surface area (Å²) in [4.78, 5) is 51.7. The van der Waals surface area contributed by atoms with E-state index in [2.05, 4.69) is 22.5 Å². The standard InChI is InChI=1S/C19H27N5O4S2/c1-3-6-21-19(28)22-12-8-15(24(10-12)16(25)11-29-2)18(27)23-14(17(20)26)9-13-5-4-7-30-13/h3-5,7,12,14-15H,1,6,8-11H2,2H3,(H2,20,26)(H,23,27)(H2,21,22,28). The van der Waals surface area contributed by atoms with E-state index in [4.69, 9.17) is 5.73 Å². The zero-order valence-electron chi connectivity index (χ0n) is 16.8. The lowest BCUT2D eigenvalue weighted by molar-refractivity contribution is -0.137. The number of likely N-dealkylation sites (tertiary alicyclic amines) is 1. The van der Waals surface area contributed by atoms with Crippen LogP contribution in [0.15, 0.2) is 30.2 Å². The normalized spacial score (nSPS) is 19.0. The van der Waals surface area contributed by atoms with Gasteiger partial charge in [0.2, 0.25) is 17.7 Å². The Labute approximate surface area is 183 Å². The van der Waals surface area contributed by atoms with Gasteiger partial charge in [-0.2, -0.15) is 11.8 Å². The first-order valence-corrected chi connectivity index (χ1v) is 11.7. The van der Waals surface area contributed by atoms with Crippen LogP contribution in [0.4, 0.5) is 4.79 Å². The zero-order chi connectivity index (χ0) is 22.1. The summed E-state index contributed by atoms with van der Waals surface area (Å²) >= 11 is 2.82. The first-order chi connectivity index (χ1) is 14.3. The highest BCUT2D eigenvalue weighted by Gasteiger charge is 2.40. The molecule has 1 aromatic heterocycles. The van der Waals surface area contributed by atoms with Crippen molar-refractivity contribution in [2.45, 2.75) is 31.0 Å². The van der Waals surface area contributed by atoms with Crippen molar-refractivity contribution in [1.82, 2.24) is 20.9 Å². The summed E-state index contributed by atoms with van der Waals surface area (Å²) in [7, 11) is 0. The first kappa shape index (κ1) is 23.7. The molecule has 3 unspecified atom stereocenters. The Kier molecular flexibility index (Phi) is 9.18. The van der Waals surface area contributed by atoms with Crippen LogP contribution in [0.2, 0.25) is 0 Å². The van der Waals surface area contributed by atoms with Gasteiger partial charge in [-0.15, -0.1) is 17.9 Å². The average Bonchev–Trinajstić information content (AvgIpc) is 3.35. The molecular formula is C19H27N5O4S2. The van der Waals surface area contributed by atoms with Gasteiger partial charge in [-0.25, -0.2) is 4.79 Å². The summed E-state index contributed by atoms with van der Waals surface area (Å²) in [6.07, 6.45) is 3.88. The lowest BCUT2D eigenvalue weighted by Crippen LogP contribution is -2.53. The van der Waals surface area contributed by atoms with Crippen molar-refractivity contribution in [3.05, 3.63) is 35.0 Å². The molecule has 1 aliphatic heterocycles. The zero-order valence-corrected chi connectivity index (χ0v) is 18.4. The molecule has 30 heavy (non-hydrogen) atoms. The van der Waals surface area contributed by atoms with E-state index in [0.717, 1.165) is 4.88 Å². The van der Waals surface area contributed by atoms with Gasteiger partial charge in [0.25, 0.3) is 0 Å². The number of carbonyl (C=O) groups excluding carboxylic acids is 4. The number of urea groups is 1. The first-order valence-electron chi connectivity index (χ1n) is 9.41. The fourth-order valence-electron chi connectivity index (χ4n) is 3.19. The summed E-state index contributed by atoms with van der Waals surface area (Å²) in [5, 5.41) is 9.94. The smallest absolute Gasteiger partial charge is 0.315 e. The van der Waals surface area contributed by atoms with Gasteiger partial charge < -0.3 is 26.6 Å². The number of hydrogen-bond acceptors (Lipinski definition) is 6. The van der Waals surface area contributed by atoms with Gasteiger partial charge in [0.1, 0.15) is 12.1 Å². The van der Waals surface area contributed by atoms with Gasteiger partial charge in [0.05, 0.1) is 11.8 Å². The van der Waals surface area contributed by atoms with Crippen LogP contribution in [-0.2, 0) is 20.8 Å². The average molecular weight is 454 g/mol. The van der Waals surface area contributed by atoms with E-state index in [0.29, 0.717) is 6.54 Å². The van der Waals surface area contributed by atoms with E-state index in [1.54, 1.807) is 12.3 Å². The molecule has 3 atom stereocenters. The van der Waals surface area contributed by atoms with Crippen molar-refractivity contribution in [2.75, 3.05) is 25.1 Å². The van der Waals surface area contributed by atoms with Gasteiger partial charge in [0.15, 0.2) is 0 Å². The van der Waals surface area contributed by atoms with Crippen LogP contribution >= 0.6 is 23.1 Å². The molecule has 0 spiro atoms. The van der Waals surface area contributed by atoms with E-state index >= 15 is 0 Å². The molecule has 0 aliphatic carbocycles. The summed E-state index contributed by atoms with van der Waals surface area (Å²) in [6, 6.07) is 1.26. The lowest BCUT2D eigenvalue weighted by atomic mass is 10.1. The third-order valence-electron chi connectivity index (χ3n) is 4.58. The number of primary amides is 1. The Morgan fingerprint density at radius 2 is 2.20 bits per heavy atom. The Hall–Kier alpha value is -2.53. The van der Waals surface area contributed by atoms with Gasteiger partial charge in [-0.1, -0.05) is 12.1 Å². The van der Waals surface area contributed by atoms with Gasteiger partial charge in [0, 0.05) is 24.4 Å². The van der Waals surface area contributed by atoms with Gasteiger partial charge in [-0.3, -0.25) is 14.4 Å². The van der Waals surface area contributed by atoms with Crippen LogP contribution in [0.3, 0.4) is 0 Å². The van der Waals surface area contributed by atoms with Crippen molar-refractivity contribution >= 4 is 46.9 Å². The van der Waals surface area contributed by atoms with Crippen LogP contribution in [0.25, 0.3) is 0 Å². The van der Waals surface area contributed by atoms with E-state index < -0.39 is 29.9 Å². The molecule has 1 saturated heterocycles. The Bertz CT molecular complexity index is 771. The number of hydrogen-bond donors (Lipinski definition) is 4. The van der Waals surface area contributed by atoms with Crippen LogP contribution in [0.5, 0.6) is 0 Å². The molecule has 0 bridgehead atoms. The minimum atomic E-state index is -0.878. The second-order valence-corrected chi connectivity index (χ2v) is 8.72. The fraction of sp³-hybridized carbons (Fsp3) is 0.474. The summed E-state index contributed by atoms with van der Waals surface area (Å²) in [5.74, 6) is -1.09. The molecule has 1 aromatic rings. The highest BCUT2D eigenvalue weighted by Crippen LogP contribution is 2.20. The molecule has 0 saturated carbocycles. The highest BCUT2D eigenvalue weighted by molar-refractivity contribution is 7.99. The number of thioether (sulfide) groups is 1. The van der Waals surface area contributed by atoms with E-state index in [1.807, 2.05) is 17.5 Å². The number of carbonyl (C=O) groups is 4. The van der Waals surface area contributed by atoms with Crippen molar-refractivity contribution in [3.63, 3.8) is 0 Å². The second-order valence-electron chi connectivity index (χ2n) is 6.82. The van der Waals surface area contributed by atoms with Crippen molar-refractivity contribution < 1.29 is 19.2 Å². The largest absolute Gasteiger partial charge is 0.368 e. The highest BCUT2D eigenvalue weighted by atomic mass is 32.2. The van der Waals surface area contributed by atoms with Crippen molar-refractivity contribution in [1.29, 1.82) is 0 Å². The molecule has 5 amide bonds. The number of nitrogens with two attached hydrogens (primary N) is 1. The Morgan fingerprint density at radius 3 is 2.80 bits per heavy atom. The second kappa shape index (κ2) is 11.6. The third-order valence-corrected chi connectivity index (χ3v) is 6.01. The maximum atomic E-state index is 13.0. The molecule has 164 valence electrons. The maximum absolute atomic E-state index is 13.0. The molecule has 1 fully saturated rings. The number of nitrogens with one attached hydrogen (secondary N) is 3. The SMILES string of the molecule is C=CCNC(=O)NC1CC(C(=O)NC(Cc2cccs2)C(N)=O)N(C(=O)CSC)C1. The summed E-state index contributed by atoms with van der Waals surface area (Å²) < 4.78 is 0. The molecule has 5 N–H and O–H groups in total. The number of nitrogens with zero attached hydrogens (tertiary/aromatic N) is 1. The summed E-state index contributed by atoms with van der Waals surface area (Å²) in [5.41, 5.74) is 5.48. The number of rotatable bonds is 10. The van der Waals surface area contributed by atoms with Crippen molar-refractivity contribution in [3.8, 4) is 0 Å². The molecule has 11 heteroatoms. The van der Waals surface area contributed by atoms with Crippen LogP contribution in [0.1, 0.15) is 11.3 Å². The number of amides is 5. The van der Waals surface area contributed by atoms with E-state index in [1.165, 1.54) is 28.0 Å². The third kappa shape index (κ3) is 6.77. The minimum absolute atomic E-state index is 0.202. The molecule has 2 rings (SSSR count). The van der Waals surface area contributed by atoms with Crippen LogP contribution < -0.4 is 21.7 Å². The Balaban J connectivity index is 2.07. The Morgan fingerprint density at radius 1 is 1.43 bits per heavy atom. The van der Waals surface area contributed by atoms with Crippen LogP contribution in [-0.4, -0.2) is 71.9 Å². The molecular weight excluding hydrogens is 426 g/mol. The maximum Gasteiger partial charge on any atom is 0.315 e. The predicted octanol–water partition coefficient (Wildman–Crippen LogP) is 0.0784. The fourth-order valence-corrected chi connectivity index (χ4v) is 4.36. The van der Waals surface area contributed by atoms with E-state index in [9.17, 15) is 19.2 Å². The quantitative estimate of drug-likeness (QED) is 0.372. The van der Waals surface area contributed by atoms with Crippen LogP contribution in [0, 0.1) is 0 Å². The molecule has 0 radical (unpaired) electrons. The summed E-state index contributed by atoms with van der Waals surface area (Å²) in [6.45, 7) is 4.06. The molecule has 0 aromatic carbocycles. The minimum Gasteiger partial charge on any atom is -0.368 e. The van der Waals surface area contributed by atoms with Gasteiger partial charge in [-0.05, 0) is 24.1 Å². The molecule has 9 nitrogen and oxygen atoms in total. The topological polar surface area (TPSA) is 134 Å². The van der Waals surface area contributed by atoms with Crippen molar-refractivity contribution in [2.24, 2.45) is 5.73 Å². The van der Waals surface area contributed by atoms with Gasteiger partial charge >= 0.3 is 6.03 Å². The predicted molar refractivity (Wildman–Crippen MR) is 118 cm³/mol. The monoisotopic (exact) mass is 453 g/mol. The molecule has 1 aliphatic rings. The number of thiophene rings is 1. The van der Waals surface area contributed by atoms with E-state index in [-0.39, 0.29) is 37.1 Å². The molecule has 2 heterocycles.